The molecule has 0 aromatic heterocycles. The maximum atomic E-state index is 12.1. The minimum Gasteiger partial charge on any atom is -0.496 e. The molecule has 2 rings (SSSR count). The lowest BCUT2D eigenvalue weighted by molar-refractivity contribution is 0.0827. The van der Waals surface area contributed by atoms with Crippen LogP contribution in [0, 0.1) is 5.92 Å². The van der Waals surface area contributed by atoms with Gasteiger partial charge in [0.15, 0.2) is 0 Å². The van der Waals surface area contributed by atoms with Crippen LogP contribution in [0.15, 0.2) is 22.7 Å². The fourth-order valence-corrected chi connectivity index (χ4v) is 3.05. The van der Waals surface area contributed by atoms with Crippen LogP contribution in [0.2, 0.25) is 0 Å². The fraction of sp³-hybridized carbons (Fsp3) is 0.533. The molecule has 0 spiro atoms. The first-order chi connectivity index (χ1) is 9.65. The van der Waals surface area contributed by atoms with Gasteiger partial charge < -0.3 is 14.8 Å². The van der Waals surface area contributed by atoms with E-state index in [4.69, 9.17) is 9.47 Å². The molecule has 1 aromatic rings. The molecule has 1 N–H and O–H groups in total. The highest BCUT2D eigenvalue weighted by molar-refractivity contribution is 9.10. The van der Waals surface area contributed by atoms with Gasteiger partial charge >= 0.3 is 0 Å². The first-order valence-electron chi connectivity index (χ1n) is 6.89. The Kier molecular flexibility index (Phi) is 5.43. The van der Waals surface area contributed by atoms with Crippen molar-refractivity contribution < 1.29 is 14.3 Å². The average molecular weight is 342 g/mol. The van der Waals surface area contributed by atoms with Crippen LogP contribution in [0.3, 0.4) is 0 Å². The highest BCUT2D eigenvalue weighted by Crippen LogP contribution is 2.26. The molecule has 1 heterocycles. The summed E-state index contributed by atoms with van der Waals surface area (Å²) in [6, 6.07) is 5.32. The molecule has 2 unspecified atom stereocenters. The maximum absolute atomic E-state index is 12.1. The topological polar surface area (TPSA) is 47.6 Å². The molecule has 1 aromatic carbocycles. The number of ether oxygens (including phenoxy) is 2. The number of nitrogens with one attached hydrogen (secondary N) is 1. The molecule has 1 fully saturated rings. The Bertz CT molecular complexity index is 478. The third-order valence-corrected chi connectivity index (χ3v) is 4.31. The van der Waals surface area contributed by atoms with E-state index < -0.39 is 0 Å². The van der Waals surface area contributed by atoms with Crippen LogP contribution in [0.5, 0.6) is 5.75 Å². The molecular weight excluding hydrogens is 322 g/mol. The molecule has 5 heteroatoms. The number of hydrogen-bond acceptors (Lipinski definition) is 3. The molecule has 0 saturated carbocycles. The van der Waals surface area contributed by atoms with Gasteiger partial charge in [-0.3, -0.25) is 4.79 Å². The summed E-state index contributed by atoms with van der Waals surface area (Å²) >= 11 is 3.39. The molecule has 20 heavy (non-hydrogen) atoms. The van der Waals surface area contributed by atoms with Gasteiger partial charge in [-0.2, -0.15) is 0 Å². The van der Waals surface area contributed by atoms with E-state index in [9.17, 15) is 4.79 Å². The van der Waals surface area contributed by atoms with Crippen molar-refractivity contribution in [1.29, 1.82) is 0 Å². The maximum Gasteiger partial charge on any atom is 0.251 e. The number of methoxy groups -OCH3 is 1. The van der Waals surface area contributed by atoms with Gasteiger partial charge in [0.05, 0.1) is 17.7 Å². The summed E-state index contributed by atoms with van der Waals surface area (Å²) in [7, 11) is 1.60. The predicted octanol–water partition coefficient (Wildman–Crippen LogP) is 3.00. The molecule has 4 nitrogen and oxygen atoms in total. The Hall–Kier alpha value is -1.07. The molecule has 0 aliphatic carbocycles. The van der Waals surface area contributed by atoms with Crippen molar-refractivity contribution in [2.75, 3.05) is 20.3 Å². The van der Waals surface area contributed by atoms with Crippen molar-refractivity contribution in [2.24, 2.45) is 5.92 Å². The van der Waals surface area contributed by atoms with Gasteiger partial charge in [-0.05, 0) is 47.0 Å². The van der Waals surface area contributed by atoms with E-state index in [0.717, 1.165) is 29.7 Å². The molecule has 1 aliphatic rings. The van der Waals surface area contributed by atoms with Crippen LogP contribution in [0.4, 0.5) is 0 Å². The average Bonchev–Trinajstić information content (AvgIpc) is 2.92. The summed E-state index contributed by atoms with van der Waals surface area (Å²) < 4.78 is 11.6. The smallest absolute Gasteiger partial charge is 0.251 e. The van der Waals surface area contributed by atoms with Crippen molar-refractivity contribution in [2.45, 2.75) is 25.9 Å². The SMILES string of the molecule is CCC1OCCC1CNC(=O)c1ccc(OC)c(Br)c1. The quantitative estimate of drug-likeness (QED) is 0.895. The van der Waals surface area contributed by atoms with E-state index >= 15 is 0 Å². The van der Waals surface area contributed by atoms with Crippen molar-refractivity contribution in [1.82, 2.24) is 5.32 Å². The van der Waals surface area contributed by atoms with Gasteiger partial charge in [-0.1, -0.05) is 6.92 Å². The summed E-state index contributed by atoms with van der Waals surface area (Å²) in [6.45, 7) is 3.58. The number of carbonyl (C=O) groups is 1. The Labute approximate surface area is 128 Å². The van der Waals surface area contributed by atoms with Crippen LogP contribution >= 0.6 is 15.9 Å². The van der Waals surface area contributed by atoms with Gasteiger partial charge in [0.25, 0.3) is 5.91 Å². The first kappa shape index (κ1) is 15.3. The van der Waals surface area contributed by atoms with E-state index in [1.54, 1.807) is 25.3 Å². The lowest BCUT2D eigenvalue weighted by Gasteiger charge is -2.17. The number of carbonyl (C=O) groups excluding carboxylic acids is 1. The van der Waals surface area contributed by atoms with Gasteiger partial charge in [0.1, 0.15) is 5.75 Å². The largest absolute Gasteiger partial charge is 0.496 e. The summed E-state index contributed by atoms with van der Waals surface area (Å²) in [4.78, 5) is 12.1. The van der Waals surface area contributed by atoms with Crippen LogP contribution in [0.1, 0.15) is 30.1 Å². The molecule has 110 valence electrons. The molecule has 1 saturated heterocycles. The Morgan fingerprint density at radius 2 is 2.35 bits per heavy atom. The second-order valence-electron chi connectivity index (χ2n) is 4.93. The third-order valence-electron chi connectivity index (χ3n) is 3.69. The molecule has 1 aliphatic heterocycles. The van der Waals surface area contributed by atoms with Crippen molar-refractivity contribution in [3.63, 3.8) is 0 Å². The number of amides is 1. The zero-order valence-electron chi connectivity index (χ0n) is 11.8. The number of hydrogen-bond donors (Lipinski definition) is 1. The van der Waals surface area contributed by atoms with E-state index in [1.807, 2.05) is 0 Å². The van der Waals surface area contributed by atoms with Crippen LogP contribution < -0.4 is 10.1 Å². The summed E-state index contributed by atoms with van der Waals surface area (Å²) in [5.41, 5.74) is 0.629. The number of rotatable bonds is 5. The zero-order chi connectivity index (χ0) is 14.5. The Morgan fingerprint density at radius 1 is 1.55 bits per heavy atom. The fourth-order valence-electron chi connectivity index (χ4n) is 2.51. The first-order valence-corrected chi connectivity index (χ1v) is 7.68. The van der Waals surface area contributed by atoms with Crippen LogP contribution in [-0.2, 0) is 4.74 Å². The number of halogens is 1. The monoisotopic (exact) mass is 341 g/mol. The minimum atomic E-state index is -0.0601. The van der Waals surface area contributed by atoms with Crippen molar-refractivity contribution >= 4 is 21.8 Å². The van der Waals surface area contributed by atoms with Crippen LogP contribution in [-0.4, -0.2) is 32.3 Å². The van der Waals surface area contributed by atoms with E-state index in [1.165, 1.54) is 0 Å². The second kappa shape index (κ2) is 7.09. The van der Waals surface area contributed by atoms with Gasteiger partial charge in [-0.15, -0.1) is 0 Å². The van der Waals surface area contributed by atoms with E-state index in [0.29, 0.717) is 18.0 Å². The summed E-state index contributed by atoms with van der Waals surface area (Å²) in [6.07, 6.45) is 2.29. The molecule has 2 atom stereocenters. The van der Waals surface area contributed by atoms with Gasteiger partial charge in [0.2, 0.25) is 0 Å². The Morgan fingerprint density at radius 3 is 3.00 bits per heavy atom. The molecule has 0 bridgehead atoms. The lowest BCUT2D eigenvalue weighted by Crippen LogP contribution is -2.32. The summed E-state index contributed by atoms with van der Waals surface area (Å²) in [5, 5.41) is 2.99. The zero-order valence-corrected chi connectivity index (χ0v) is 13.4. The Balaban J connectivity index is 1.93. The third kappa shape index (κ3) is 3.52. The molecule has 1 amide bonds. The highest BCUT2D eigenvalue weighted by atomic mass is 79.9. The second-order valence-corrected chi connectivity index (χ2v) is 5.78. The predicted molar refractivity (Wildman–Crippen MR) is 81.2 cm³/mol. The lowest BCUT2D eigenvalue weighted by atomic mass is 9.99. The highest BCUT2D eigenvalue weighted by Gasteiger charge is 2.26. The van der Waals surface area contributed by atoms with Crippen molar-refractivity contribution in [3.8, 4) is 5.75 Å². The van der Waals surface area contributed by atoms with E-state index in [2.05, 4.69) is 28.2 Å². The normalized spacial score (nSPS) is 21.8. The summed E-state index contributed by atoms with van der Waals surface area (Å²) in [5.74, 6) is 1.08. The van der Waals surface area contributed by atoms with Gasteiger partial charge in [-0.25, -0.2) is 0 Å². The molecular formula is C15H20BrNO3. The van der Waals surface area contributed by atoms with Gasteiger partial charge in [0, 0.05) is 24.6 Å². The van der Waals surface area contributed by atoms with Crippen LogP contribution in [0.25, 0.3) is 0 Å². The standard InChI is InChI=1S/C15H20BrNO3/c1-3-13-11(6-7-20-13)9-17-15(18)10-4-5-14(19-2)12(16)8-10/h4-5,8,11,13H,3,6-7,9H2,1-2H3,(H,17,18). The van der Waals surface area contributed by atoms with E-state index in [-0.39, 0.29) is 12.0 Å². The van der Waals surface area contributed by atoms with Crippen molar-refractivity contribution in [3.05, 3.63) is 28.2 Å². The molecule has 0 radical (unpaired) electrons. The number of benzene rings is 1. The minimum absolute atomic E-state index is 0.0601.